The highest BCUT2D eigenvalue weighted by atomic mass is 32.2. The highest BCUT2D eigenvalue weighted by Crippen LogP contribution is 2.52. The maximum Gasteiger partial charge on any atom is 0.431 e. The second-order valence-electron chi connectivity index (χ2n) is 6.68. The second-order valence-corrected chi connectivity index (χ2v) is 9.03. The van der Waals surface area contributed by atoms with Crippen molar-refractivity contribution < 1.29 is 35.9 Å². The van der Waals surface area contributed by atoms with E-state index in [1.54, 1.807) is 36.7 Å². The Morgan fingerprint density at radius 3 is 2.36 bits per heavy atom. The quantitative estimate of drug-likeness (QED) is 0.281. The third kappa shape index (κ3) is 4.23. The first-order chi connectivity index (χ1) is 15.4. The molecule has 13 heteroatoms. The van der Waals surface area contributed by atoms with Gasteiger partial charge in [0.15, 0.2) is 4.34 Å². The van der Waals surface area contributed by atoms with Crippen molar-refractivity contribution in [2.75, 3.05) is 0 Å². The van der Waals surface area contributed by atoms with Crippen molar-refractivity contribution >= 4 is 34.1 Å². The number of hydrogen-bond acceptors (Lipinski definition) is 7. The van der Waals surface area contributed by atoms with E-state index in [-0.39, 0.29) is 21.3 Å². The first kappa shape index (κ1) is 23.3. The van der Waals surface area contributed by atoms with Crippen LogP contribution in [0.4, 0.5) is 26.3 Å². The van der Waals surface area contributed by atoms with Crippen LogP contribution < -0.4 is 5.63 Å². The molecule has 0 fully saturated rings. The summed E-state index contributed by atoms with van der Waals surface area (Å²) in [7, 11) is 0. The molecule has 33 heavy (non-hydrogen) atoms. The summed E-state index contributed by atoms with van der Waals surface area (Å²) in [6, 6.07) is 9.27. The van der Waals surface area contributed by atoms with Gasteiger partial charge in [0.1, 0.15) is 5.58 Å². The Morgan fingerprint density at radius 2 is 1.73 bits per heavy atom. The molecule has 0 atom stereocenters. The topological polar surface area (TPSA) is 76.2 Å². The van der Waals surface area contributed by atoms with E-state index in [1.165, 1.54) is 12.1 Å². The minimum absolute atomic E-state index is 0.0582. The number of pyridine rings is 1. The average Bonchev–Trinajstić information content (AvgIpc) is 3.20. The van der Waals surface area contributed by atoms with Crippen molar-refractivity contribution in [3.05, 3.63) is 70.3 Å². The van der Waals surface area contributed by atoms with Gasteiger partial charge in [-0.1, -0.05) is 17.8 Å². The van der Waals surface area contributed by atoms with Gasteiger partial charge < -0.3 is 9.52 Å². The Balaban J connectivity index is 1.70. The van der Waals surface area contributed by atoms with Crippen molar-refractivity contribution in [3.63, 3.8) is 0 Å². The summed E-state index contributed by atoms with van der Waals surface area (Å²) in [6.07, 6.45) is -8.53. The summed E-state index contributed by atoms with van der Waals surface area (Å²) in [5, 5.41) is 10.1. The molecule has 0 saturated heterocycles. The summed E-state index contributed by atoms with van der Waals surface area (Å²) in [4.78, 5) is 18.5. The SMILES string of the molecule is O=c1cc(-c2cccnc2)c2ccc(Sc3ncc(C(O)(C(F)(F)F)C(F)(F)F)s3)cc2o1. The third-order valence-electron chi connectivity index (χ3n) is 4.56. The number of alkyl halides is 6. The lowest BCUT2D eigenvalue weighted by molar-refractivity contribution is -0.375. The molecule has 0 aliphatic rings. The van der Waals surface area contributed by atoms with Gasteiger partial charge in [0.05, 0.1) is 4.88 Å². The van der Waals surface area contributed by atoms with Crippen LogP contribution in [0.3, 0.4) is 0 Å². The maximum absolute atomic E-state index is 13.1. The molecule has 4 rings (SSSR count). The standard InChI is InChI=1S/C20H10F6N2O3S2/c21-19(22,23)18(30,20(24,25)26)15-9-28-17(33-15)32-11-3-4-12-13(10-2-1-5-27-8-10)7-16(29)31-14(12)6-11/h1-9,30H. The third-order valence-corrected chi connectivity index (χ3v) is 6.73. The van der Waals surface area contributed by atoms with Gasteiger partial charge in [-0.05, 0) is 24.3 Å². The molecule has 1 N–H and O–H groups in total. The first-order valence-corrected chi connectivity index (χ1v) is 10.5. The van der Waals surface area contributed by atoms with Crippen LogP contribution in [-0.4, -0.2) is 27.4 Å². The zero-order chi connectivity index (χ0) is 24.0. The lowest BCUT2D eigenvalue weighted by Crippen LogP contribution is -2.53. The number of benzene rings is 1. The van der Waals surface area contributed by atoms with Gasteiger partial charge >= 0.3 is 18.0 Å². The molecule has 172 valence electrons. The summed E-state index contributed by atoms with van der Waals surface area (Å²) in [5.41, 5.74) is -4.34. The van der Waals surface area contributed by atoms with Crippen LogP contribution in [-0.2, 0) is 5.60 Å². The Hall–Kier alpha value is -2.90. The minimum atomic E-state index is -5.99. The number of thiazole rings is 1. The van der Waals surface area contributed by atoms with Crippen LogP contribution in [0, 0.1) is 0 Å². The number of hydrogen-bond donors (Lipinski definition) is 1. The van der Waals surface area contributed by atoms with E-state index < -0.39 is 28.5 Å². The molecule has 0 saturated carbocycles. The van der Waals surface area contributed by atoms with Gasteiger partial charge in [-0.25, -0.2) is 9.78 Å². The van der Waals surface area contributed by atoms with Crippen molar-refractivity contribution in [3.8, 4) is 11.1 Å². The molecule has 4 aromatic rings. The fourth-order valence-corrected chi connectivity index (χ4v) is 5.09. The monoisotopic (exact) mass is 504 g/mol. The predicted molar refractivity (Wildman–Crippen MR) is 108 cm³/mol. The van der Waals surface area contributed by atoms with Crippen molar-refractivity contribution in [1.82, 2.24) is 9.97 Å². The first-order valence-electron chi connectivity index (χ1n) is 8.88. The molecular formula is C20H10F6N2O3S2. The molecule has 0 amide bonds. The number of aliphatic hydroxyl groups is 1. The fraction of sp³-hybridized carbons (Fsp3) is 0.150. The molecule has 1 aromatic carbocycles. The van der Waals surface area contributed by atoms with Gasteiger partial charge in [-0.15, -0.1) is 11.3 Å². The number of nitrogens with zero attached hydrogens (tertiary/aromatic N) is 2. The van der Waals surface area contributed by atoms with Crippen LogP contribution in [0.25, 0.3) is 22.1 Å². The molecule has 0 bridgehead atoms. The van der Waals surface area contributed by atoms with Gasteiger partial charge in [-0.3, -0.25) is 4.98 Å². The van der Waals surface area contributed by atoms with Crippen molar-refractivity contribution in [1.29, 1.82) is 0 Å². The van der Waals surface area contributed by atoms with E-state index in [0.29, 0.717) is 27.6 Å². The largest absolute Gasteiger partial charge is 0.431 e. The smallest absolute Gasteiger partial charge is 0.423 e. The molecule has 0 spiro atoms. The van der Waals surface area contributed by atoms with Gasteiger partial charge in [-0.2, -0.15) is 26.3 Å². The van der Waals surface area contributed by atoms with Crippen molar-refractivity contribution in [2.45, 2.75) is 27.2 Å². The van der Waals surface area contributed by atoms with Crippen LogP contribution >= 0.6 is 23.1 Å². The summed E-state index contributed by atoms with van der Waals surface area (Å²) >= 11 is 0.814. The van der Waals surface area contributed by atoms with Crippen LogP contribution in [0.5, 0.6) is 0 Å². The number of rotatable bonds is 4. The normalized spacial score (nSPS) is 12.9. The number of fused-ring (bicyclic) bond motifs is 1. The fourth-order valence-electron chi connectivity index (χ4n) is 2.98. The molecule has 0 radical (unpaired) electrons. The van der Waals surface area contributed by atoms with Gasteiger partial charge in [0, 0.05) is 46.1 Å². The van der Waals surface area contributed by atoms with E-state index in [2.05, 4.69) is 9.97 Å². The lowest BCUT2D eigenvalue weighted by Gasteiger charge is -2.30. The molecule has 0 aliphatic heterocycles. The highest BCUT2D eigenvalue weighted by molar-refractivity contribution is 8.01. The molecular weight excluding hydrogens is 494 g/mol. The zero-order valence-corrected chi connectivity index (χ0v) is 17.6. The number of halogens is 6. The zero-order valence-electron chi connectivity index (χ0n) is 15.9. The summed E-state index contributed by atoms with van der Waals surface area (Å²) < 4.78 is 83.4. The lowest BCUT2D eigenvalue weighted by atomic mass is 10.0. The molecule has 5 nitrogen and oxygen atoms in total. The van der Waals surface area contributed by atoms with E-state index in [9.17, 15) is 36.2 Å². The second kappa shape index (κ2) is 8.15. The predicted octanol–water partition coefficient (Wildman–Crippen LogP) is 5.77. The van der Waals surface area contributed by atoms with Crippen LogP contribution in [0.2, 0.25) is 0 Å². The summed E-state index contributed by atoms with van der Waals surface area (Å²) in [6.45, 7) is 0. The average molecular weight is 504 g/mol. The molecule has 3 heterocycles. The van der Waals surface area contributed by atoms with E-state index >= 15 is 0 Å². The Labute approximate surface area is 188 Å². The Morgan fingerprint density at radius 1 is 1.00 bits per heavy atom. The van der Waals surface area contributed by atoms with Crippen molar-refractivity contribution in [2.24, 2.45) is 0 Å². The van der Waals surface area contributed by atoms with Gasteiger partial charge in [0.25, 0.3) is 5.60 Å². The Bertz CT molecular complexity index is 1350. The Kier molecular flexibility index (Phi) is 5.75. The van der Waals surface area contributed by atoms with Crippen LogP contribution in [0.15, 0.2) is 73.4 Å². The van der Waals surface area contributed by atoms with Gasteiger partial charge in [0.2, 0.25) is 0 Å². The molecule has 0 aliphatic carbocycles. The van der Waals surface area contributed by atoms with E-state index in [1.807, 2.05) is 0 Å². The number of aromatic nitrogens is 2. The van der Waals surface area contributed by atoms with E-state index in [0.717, 1.165) is 11.8 Å². The van der Waals surface area contributed by atoms with Crippen LogP contribution in [0.1, 0.15) is 4.88 Å². The van der Waals surface area contributed by atoms with E-state index in [4.69, 9.17) is 4.42 Å². The highest BCUT2D eigenvalue weighted by Gasteiger charge is 2.72. The molecule has 3 aromatic heterocycles. The molecule has 0 unspecified atom stereocenters. The minimum Gasteiger partial charge on any atom is -0.423 e. The summed E-state index contributed by atoms with van der Waals surface area (Å²) in [5.74, 6) is 0. The maximum atomic E-state index is 13.1.